The molecule has 5 rings (SSSR count). The predicted octanol–water partition coefficient (Wildman–Crippen LogP) is 12.5. The number of benzene rings is 2. The van der Waals surface area contributed by atoms with Crippen LogP contribution in [0.25, 0.3) is 40.4 Å². The molecule has 3 aromatic heterocycles. The Kier molecular flexibility index (Phi) is 11.6. The van der Waals surface area contributed by atoms with Gasteiger partial charge in [-0.25, -0.2) is 8.78 Å². The highest BCUT2D eigenvalue weighted by Crippen LogP contribution is 2.51. The molecule has 3 heterocycles. The molecule has 9 heteroatoms. The molecule has 0 saturated carbocycles. The van der Waals surface area contributed by atoms with Crippen molar-refractivity contribution in [3.8, 4) is 63.4 Å². The van der Waals surface area contributed by atoms with E-state index >= 15 is 8.78 Å². The number of aryl methyl sites for hydroxylation is 1. The van der Waals surface area contributed by atoms with Crippen molar-refractivity contribution in [2.45, 2.75) is 78.9 Å². The summed E-state index contributed by atoms with van der Waals surface area (Å²) < 4.78 is 55.2. The van der Waals surface area contributed by atoms with Crippen molar-refractivity contribution >= 4 is 34.0 Å². The minimum Gasteiger partial charge on any atom is -0.496 e. The summed E-state index contributed by atoms with van der Waals surface area (Å²) in [6, 6.07) is 16.4. The molecular weight excluding hydrogens is 655 g/mol. The minimum absolute atomic E-state index is 0.0848. The monoisotopic (exact) mass is 696 g/mol. The Balaban J connectivity index is 1.60. The lowest BCUT2D eigenvalue weighted by Gasteiger charge is -2.16. The molecule has 47 heavy (non-hydrogen) atoms. The van der Waals surface area contributed by atoms with Crippen molar-refractivity contribution in [3.05, 3.63) is 71.8 Å². The van der Waals surface area contributed by atoms with E-state index in [1.165, 1.54) is 22.7 Å². The van der Waals surface area contributed by atoms with Crippen LogP contribution in [0.5, 0.6) is 23.0 Å². The van der Waals surface area contributed by atoms with Gasteiger partial charge in [-0.1, -0.05) is 38.3 Å². The lowest BCUT2D eigenvalue weighted by Crippen LogP contribution is -2.07. The standard InChI is InChI=1S/C38H42F2O4S3/c1-8-9-10-11-14-24-19-31(32-20-25(39)37(46-32)34-27(41-6)15-12-17-29(34)43-22(2)3)45-36(24)33-21-26(40)38(47-33)35-28(42-7)16-13-18-30(35)44-23(4)5/h12-13,15-23H,8-11,14H2,1-7H3. The van der Waals surface area contributed by atoms with Crippen LogP contribution < -0.4 is 18.9 Å². The molecule has 5 aromatic rings. The number of hydrogen-bond donors (Lipinski definition) is 0. The van der Waals surface area contributed by atoms with Gasteiger partial charge in [0.15, 0.2) is 0 Å². The summed E-state index contributed by atoms with van der Waals surface area (Å²) in [5, 5.41) is 0. The van der Waals surface area contributed by atoms with Crippen molar-refractivity contribution in [2.24, 2.45) is 0 Å². The highest BCUT2D eigenvalue weighted by atomic mass is 32.1. The molecule has 0 aliphatic rings. The number of hydrogen-bond acceptors (Lipinski definition) is 7. The molecule has 0 amide bonds. The van der Waals surface area contributed by atoms with Crippen LogP contribution in [0.1, 0.15) is 65.9 Å². The van der Waals surface area contributed by atoms with E-state index in [9.17, 15) is 0 Å². The van der Waals surface area contributed by atoms with Crippen molar-refractivity contribution in [3.63, 3.8) is 0 Å². The molecule has 0 saturated heterocycles. The van der Waals surface area contributed by atoms with Crippen LogP contribution >= 0.6 is 34.0 Å². The molecule has 0 atom stereocenters. The largest absolute Gasteiger partial charge is 0.496 e. The molecular formula is C38H42F2O4S3. The topological polar surface area (TPSA) is 36.9 Å². The second kappa shape index (κ2) is 15.7. The number of thiophene rings is 3. The van der Waals surface area contributed by atoms with Gasteiger partial charge in [0.1, 0.15) is 34.6 Å². The van der Waals surface area contributed by atoms with E-state index in [2.05, 4.69) is 13.0 Å². The number of rotatable bonds is 15. The first-order valence-corrected chi connectivity index (χ1v) is 18.5. The van der Waals surface area contributed by atoms with E-state index in [1.807, 2.05) is 64.1 Å². The molecule has 2 aromatic carbocycles. The van der Waals surface area contributed by atoms with Gasteiger partial charge in [0.25, 0.3) is 0 Å². The Morgan fingerprint density at radius 1 is 0.596 bits per heavy atom. The summed E-state index contributed by atoms with van der Waals surface area (Å²) in [7, 11) is 3.17. The summed E-state index contributed by atoms with van der Waals surface area (Å²) in [6.07, 6.45) is 5.14. The third kappa shape index (κ3) is 7.85. The van der Waals surface area contributed by atoms with Gasteiger partial charge in [0, 0.05) is 19.5 Å². The Morgan fingerprint density at radius 3 is 1.57 bits per heavy atom. The quantitative estimate of drug-likeness (QED) is 0.102. The van der Waals surface area contributed by atoms with Gasteiger partial charge in [0.2, 0.25) is 0 Å². The average Bonchev–Trinajstić information content (AvgIpc) is 3.74. The Morgan fingerprint density at radius 2 is 1.06 bits per heavy atom. The first kappa shape index (κ1) is 34.9. The van der Waals surface area contributed by atoms with Crippen molar-refractivity contribution in [1.29, 1.82) is 0 Å². The Hall–Kier alpha value is -3.40. The number of methoxy groups -OCH3 is 2. The molecule has 0 unspecified atom stereocenters. The molecule has 0 N–H and O–H groups in total. The number of unbranched alkanes of at least 4 members (excludes halogenated alkanes) is 3. The summed E-state index contributed by atoms with van der Waals surface area (Å²) in [5.41, 5.74) is 2.36. The van der Waals surface area contributed by atoms with Crippen LogP contribution in [0, 0.1) is 11.6 Å². The zero-order valence-corrected chi connectivity index (χ0v) is 30.4. The molecule has 4 nitrogen and oxygen atoms in total. The SMILES string of the molecule is CCCCCCc1cc(-c2cc(F)c(-c3c(OC)cccc3OC(C)C)s2)sc1-c1cc(F)c(-c2c(OC)cccc2OC(C)C)s1. The number of halogens is 2. The van der Waals surface area contributed by atoms with Crippen LogP contribution in [0.15, 0.2) is 54.6 Å². The fraction of sp³-hybridized carbons (Fsp3) is 0.368. The zero-order valence-electron chi connectivity index (χ0n) is 28.0. The van der Waals surface area contributed by atoms with E-state index in [-0.39, 0.29) is 23.8 Å². The first-order chi connectivity index (χ1) is 22.6. The van der Waals surface area contributed by atoms with E-state index in [4.69, 9.17) is 18.9 Å². The minimum atomic E-state index is -0.333. The Labute approximate surface area is 288 Å². The smallest absolute Gasteiger partial charge is 0.142 e. The summed E-state index contributed by atoms with van der Waals surface area (Å²) in [5.74, 6) is 1.61. The lowest BCUT2D eigenvalue weighted by atomic mass is 10.1. The molecule has 0 fully saturated rings. The fourth-order valence-corrected chi connectivity index (χ4v) is 9.11. The van der Waals surface area contributed by atoms with Gasteiger partial charge >= 0.3 is 0 Å². The van der Waals surface area contributed by atoms with E-state index < -0.39 is 0 Å². The molecule has 0 aliphatic carbocycles. The third-order valence-electron chi connectivity index (χ3n) is 7.54. The zero-order chi connectivity index (χ0) is 33.7. The highest BCUT2D eigenvalue weighted by molar-refractivity contribution is 7.28. The van der Waals surface area contributed by atoms with Gasteiger partial charge in [-0.05, 0) is 88.6 Å². The van der Waals surface area contributed by atoms with Crippen LogP contribution in [0.4, 0.5) is 8.78 Å². The molecule has 250 valence electrons. The van der Waals surface area contributed by atoms with Crippen molar-refractivity contribution in [2.75, 3.05) is 14.2 Å². The van der Waals surface area contributed by atoms with Gasteiger partial charge < -0.3 is 18.9 Å². The van der Waals surface area contributed by atoms with E-state index in [0.29, 0.717) is 43.9 Å². The van der Waals surface area contributed by atoms with Crippen LogP contribution in [0.2, 0.25) is 0 Å². The van der Waals surface area contributed by atoms with E-state index in [0.717, 1.165) is 57.2 Å². The van der Waals surface area contributed by atoms with Crippen LogP contribution in [0.3, 0.4) is 0 Å². The van der Waals surface area contributed by atoms with Crippen LogP contribution in [-0.4, -0.2) is 26.4 Å². The van der Waals surface area contributed by atoms with E-state index in [1.54, 1.807) is 37.7 Å². The molecule has 0 radical (unpaired) electrons. The lowest BCUT2D eigenvalue weighted by molar-refractivity contribution is 0.242. The second-order valence-electron chi connectivity index (χ2n) is 11.9. The summed E-state index contributed by atoms with van der Waals surface area (Å²) >= 11 is 4.34. The maximum absolute atomic E-state index is 15.9. The van der Waals surface area contributed by atoms with Gasteiger partial charge in [0.05, 0.1) is 47.3 Å². The Bertz CT molecular complexity index is 1800. The maximum atomic E-state index is 15.9. The molecule has 0 spiro atoms. The van der Waals surface area contributed by atoms with Gasteiger partial charge in [-0.2, -0.15) is 0 Å². The predicted molar refractivity (Wildman–Crippen MR) is 194 cm³/mol. The molecule has 0 bridgehead atoms. The fourth-order valence-electron chi connectivity index (χ4n) is 5.51. The van der Waals surface area contributed by atoms with Gasteiger partial charge in [-0.15, -0.1) is 34.0 Å². The average molecular weight is 697 g/mol. The second-order valence-corrected chi connectivity index (χ2v) is 15.0. The summed E-state index contributed by atoms with van der Waals surface area (Å²) in [6.45, 7) is 9.98. The van der Waals surface area contributed by atoms with Crippen molar-refractivity contribution in [1.82, 2.24) is 0 Å². The molecule has 0 aliphatic heterocycles. The summed E-state index contributed by atoms with van der Waals surface area (Å²) in [4.78, 5) is 4.52. The highest BCUT2D eigenvalue weighted by Gasteiger charge is 2.25. The number of ether oxygens (including phenoxy) is 4. The van der Waals surface area contributed by atoms with Gasteiger partial charge in [-0.3, -0.25) is 0 Å². The maximum Gasteiger partial charge on any atom is 0.142 e. The van der Waals surface area contributed by atoms with Crippen molar-refractivity contribution < 1.29 is 27.7 Å². The third-order valence-corrected chi connectivity index (χ3v) is 11.4. The normalized spacial score (nSPS) is 11.5. The van der Waals surface area contributed by atoms with Crippen LogP contribution in [-0.2, 0) is 6.42 Å². The first-order valence-electron chi connectivity index (χ1n) is 16.0.